The van der Waals surface area contributed by atoms with Gasteiger partial charge in [0.25, 0.3) is 0 Å². The van der Waals surface area contributed by atoms with Crippen LogP contribution in [0, 0.1) is 0 Å². The smallest absolute Gasteiger partial charge is 0.226 e. The van der Waals surface area contributed by atoms with Gasteiger partial charge >= 0.3 is 0 Å². The van der Waals surface area contributed by atoms with Crippen LogP contribution in [-0.4, -0.2) is 11.0 Å². The van der Waals surface area contributed by atoms with E-state index in [1.807, 2.05) is 24.3 Å². The Morgan fingerprint density at radius 1 is 1.29 bits per heavy atom. The number of nitrogens with one attached hydrogen (secondary N) is 1. The van der Waals surface area contributed by atoms with Crippen molar-refractivity contribution >= 4 is 15.9 Å². The van der Waals surface area contributed by atoms with E-state index in [9.17, 15) is 0 Å². The predicted octanol–water partition coefficient (Wildman–Crippen LogP) is 3.36. The van der Waals surface area contributed by atoms with E-state index in [0.29, 0.717) is 11.9 Å². The molecule has 0 atom stereocenters. The van der Waals surface area contributed by atoms with Gasteiger partial charge in [0.15, 0.2) is 0 Å². The van der Waals surface area contributed by atoms with Gasteiger partial charge in [0.05, 0.1) is 5.69 Å². The normalized spacial score (nSPS) is 15.1. The average Bonchev–Trinajstić information content (AvgIpc) is 3.06. The first-order chi connectivity index (χ1) is 8.31. The summed E-state index contributed by atoms with van der Waals surface area (Å²) in [5.41, 5.74) is 1.97. The van der Waals surface area contributed by atoms with Gasteiger partial charge in [-0.1, -0.05) is 15.9 Å². The molecule has 2 aromatic rings. The molecule has 1 aliphatic carbocycles. The van der Waals surface area contributed by atoms with Crippen LogP contribution in [0.2, 0.25) is 0 Å². The maximum absolute atomic E-state index is 5.48. The molecule has 1 heterocycles. The third kappa shape index (κ3) is 2.76. The van der Waals surface area contributed by atoms with E-state index in [-0.39, 0.29) is 0 Å². The largest absolute Gasteiger partial charge is 0.444 e. The highest BCUT2D eigenvalue weighted by Gasteiger charge is 2.20. The van der Waals surface area contributed by atoms with Crippen LogP contribution in [0.4, 0.5) is 0 Å². The highest BCUT2D eigenvalue weighted by atomic mass is 79.9. The van der Waals surface area contributed by atoms with E-state index in [2.05, 4.69) is 26.2 Å². The summed E-state index contributed by atoms with van der Waals surface area (Å²) in [7, 11) is 0. The third-order valence-corrected chi connectivity index (χ3v) is 3.32. The Balaban J connectivity index is 1.72. The second kappa shape index (κ2) is 4.63. The molecular weight excluding hydrogens is 280 g/mol. The minimum absolute atomic E-state index is 0.685. The van der Waals surface area contributed by atoms with E-state index in [0.717, 1.165) is 22.3 Å². The third-order valence-electron chi connectivity index (χ3n) is 2.79. The van der Waals surface area contributed by atoms with Gasteiger partial charge in [-0.2, -0.15) is 0 Å². The zero-order valence-electron chi connectivity index (χ0n) is 9.32. The van der Waals surface area contributed by atoms with Crippen molar-refractivity contribution in [2.75, 3.05) is 0 Å². The van der Waals surface area contributed by atoms with Gasteiger partial charge in [-0.25, -0.2) is 4.98 Å². The van der Waals surface area contributed by atoms with E-state index in [1.54, 1.807) is 6.26 Å². The maximum Gasteiger partial charge on any atom is 0.226 e. The van der Waals surface area contributed by atoms with Crippen LogP contribution >= 0.6 is 15.9 Å². The van der Waals surface area contributed by atoms with Crippen LogP contribution in [0.1, 0.15) is 18.5 Å². The Labute approximate surface area is 108 Å². The highest BCUT2D eigenvalue weighted by molar-refractivity contribution is 9.10. The molecular formula is C13H13BrN2O. The first kappa shape index (κ1) is 11.0. The van der Waals surface area contributed by atoms with Crippen molar-refractivity contribution in [3.05, 3.63) is 40.7 Å². The quantitative estimate of drug-likeness (QED) is 0.939. The van der Waals surface area contributed by atoms with E-state index in [4.69, 9.17) is 4.42 Å². The Morgan fingerprint density at radius 3 is 2.76 bits per heavy atom. The zero-order valence-corrected chi connectivity index (χ0v) is 10.9. The van der Waals surface area contributed by atoms with Gasteiger partial charge in [-0.15, -0.1) is 0 Å². The molecule has 0 amide bonds. The minimum atomic E-state index is 0.685. The fourth-order valence-electron chi connectivity index (χ4n) is 1.65. The van der Waals surface area contributed by atoms with Crippen molar-refractivity contribution < 1.29 is 4.42 Å². The van der Waals surface area contributed by atoms with Crippen molar-refractivity contribution in [3.63, 3.8) is 0 Å². The van der Waals surface area contributed by atoms with Gasteiger partial charge in [0.2, 0.25) is 5.89 Å². The number of nitrogens with zero attached hydrogens (tertiary/aromatic N) is 1. The van der Waals surface area contributed by atoms with Gasteiger partial charge in [0.1, 0.15) is 6.26 Å². The Morgan fingerprint density at radius 2 is 2.06 bits per heavy atom. The van der Waals surface area contributed by atoms with Crippen LogP contribution in [0.3, 0.4) is 0 Å². The summed E-state index contributed by atoms with van der Waals surface area (Å²) in [6, 6.07) is 8.66. The SMILES string of the molecule is Brc1ccc(-c2nc(CNC3CC3)co2)cc1. The predicted molar refractivity (Wildman–Crippen MR) is 69.5 cm³/mol. The van der Waals surface area contributed by atoms with Gasteiger partial charge < -0.3 is 9.73 Å². The first-order valence-corrected chi connectivity index (χ1v) is 6.54. The van der Waals surface area contributed by atoms with Crippen LogP contribution in [-0.2, 0) is 6.54 Å². The van der Waals surface area contributed by atoms with Crippen molar-refractivity contribution in [1.29, 1.82) is 0 Å². The van der Waals surface area contributed by atoms with Crippen molar-refractivity contribution in [2.45, 2.75) is 25.4 Å². The summed E-state index contributed by atoms with van der Waals surface area (Å²) >= 11 is 3.41. The molecule has 1 N–H and O–H groups in total. The molecule has 1 aromatic heterocycles. The lowest BCUT2D eigenvalue weighted by Crippen LogP contribution is -2.15. The number of rotatable bonds is 4. The Kier molecular flexibility index (Phi) is 2.99. The molecule has 0 aliphatic heterocycles. The lowest BCUT2D eigenvalue weighted by atomic mass is 10.2. The van der Waals surface area contributed by atoms with Crippen LogP contribution < -0.4 is 5.32 Å². The van der Waals surface area contributed by atoms with Gasteiger partial charge in [-0.05, 0) is 37.1 Å². The fraction of sp³-hybridized carbons (Fsp3) is 0.308. The number of halogens is 1. The molecule has 1 aliphatic rings. The number of hydrogen-bond donors (Lipinski definition) is 1. The molecule has 3 nitrogen and oxygen atoms in total. The highest BCUT2D eigenvalue weighted by Crippen LogP contribution is 2.22. The minimum Gasteiger partial charge on any atom is -0.444 e. The molecule has 0 radical (unpaired) electrons. The zero-order chi connectivity index (χ0) is 11.7. The summed E-state index contributed by atoms with van der Waals surface area (Å²) in [5, 5.41) is 3.42. The lowest BCUT2D eigenvalue weighted by Gasteiger charge is -1.97. The molecule has 1 saturated carbocycles. The monoisotopic (exact) mass is 292 g/mol. The van der Waals surface area contributed by atoms with Crippen LogP contribution in [0.5, 0.6) is 0 Å². The molecule has 1 fully saturated rings. The van der Waals surface area contributed by atoms with E-state index < -0.39 is 0 Å². The molecule has 88 valence electrons. The molecule has 4 heteroatoms. The Bertz CT molecular complexity index is 502. The second-order valence-corrected chi connectivity index (χ2v) is 5.22. The molecule has 0 saturated heterocycles. The first-order valence-electron chi connectivity index (χ1n) is 5.75. The topological polar surface area (TPSA) is 38.1 Å². The number of hydrogen-bond acceptors (Lipinski definition) is 3. The molecule has 0 bridgehead atoms. The van der Waals surface area contributed by atoms with Gasteiger partial charge in [0, 0.05) is 22.6 Å². The van der Waals surface area contributed by atoms with E-state index >= 15 is 0 Å². The molecule has 0 unspecified atom stereocenters. The van der Waals surface area contributed by atoms with Crippen LogP contribution in [0.25, 0.3) is 11.5 Å². The Hall–Kier alpha value is -1.13. The summed E-state index contributed by atoms with van der Waals surface area (Å²) < 4.78 is 6.54. The summed E-state index contributed by atoms with van der Waals surface area (Å²) in [6.45, 7) is 0.796. The standard InChI is InChI=1S/C13H13BrN2O/c14-10-3-1-9(2-4-10)13-16-12(8-17-13)7-15-11-5-6-11/h1-4,8,11,15H,5-7H2. The second-order valence-electron chi connectivity index (χ2n) is 4.31. The lowest BCUT2D eigenvalue weighted by molar-refractivity contribution is 0.570. The van der Waals surface area contributed by atoms with Crippen molar-refractivity contribution in [2.24, 2.45) is 0 Å². The maximum atomic E-state index is 5.48. The molecule has 1 aromatic carbocycles. The number of aromatic nitrogens is 1. The summed E-state index contributed by atoms with van der Waals surface area (Å²) in [4.78, 5) is 4.47. The fourth-order valence-corrected chi connectivity index (χ4v) is 1.91. The molecule has 17 heavy (non-hydrogen) atoms. The van der Waals surface area contributed by atoms with E-state index in [1.165, 1.54) is 12.8 Å². The van der Waals surface area contributed by atoms with Crippen LogP contribution in [0.15, 0.2) is 39.4 Å². The number of oxazole rings is 1. The summed E-state index contributed by atoms with van der Waals surface area (Å²) in [6.07, 6.45) is 4.31. The van der Waals surface area contributed by atoms with Gasteiger partial charge in [-0.3, -0.25) is 0 Å². The molecule has 3 rings (SSSR count). The molecule has 0 spiro atoms. The summed E-state index contributed by atoms with van der Waals surface area (Å²) in [5.74, 6) is 0.685. The van der Waals surface area contributed by atoms with Crippen molar-refractivity contribution in [1.82, 2.24) is 10.3 Å². The van der Waals surface area contributed by atoms with Crippen molar-refractivity contribution in [3.8, 4) is 11.5 Å². The number of benzene rings is 1. The average molecular weight is 293 g/mol.